The maximum Gasteiger partial charge on any atom is 0.248 e. The number of nitrogens with one attached hydrogen (secondary N) is 1. The van der Waals surface area contributed by atoms with Crippen molar-refractivity contribution in [3.63, 3.8) is 0 Å². The molecule has 2 aliphatic rings. The molecule has 0 aromatic heterocycles. The number of benzene rings is 1. The van der Waals surface area contributed by atoms with Gasteiger partial charge in [-0.15, -0.1) is 0 Å². The molecular formula is C13H16F2N2O2S. The van der Waals surface area contributed by atoms with E-state index in [0.29, 0.717) is 6.54 Å². The van der Waals surface area contributed by atoms with Crippen LogP contribution in [0.1, 0.15) is 12.8 Å². The minimum atomic E-state index is -4.11. The van der Waals surface area contributed by atoms with Crippen LogP contribution in [-0.4, -0.2) is 38.4 Å². The number of piperidine rings is 1. The average Bonchev–Trinajstić information content (AvgIpc) is 2.82. The van der Waals surface area contributed by atoms with E-state index >= 15 is 0 Å². The van der Waals surface area contributed by atoms with Crippen molar-refractivity contribution in [3.05, 3.63) is 29.8 Å². The topological polar surface area (TPSA) is 49.4 Å². The highest BCUT2D eigenvalue weighted by Gasteiger charge is 2.41. The van der Waals surface area contributed by atoms with Crippen molar-refractivity contribution in [2.75, 3.05) is 19.6 Å². The first-order chi connectivity index (χ1) is 9.50. The summed E-state index contributed by atoms with van der Waals surface area (Å²) in [5.41, 5.74) is 0. The Labute approximate surface area is 116 Å². The summed E-state index contributed by atoms with van der Waals surface area (Å²) in [6.07, 6.45) is 1.95. The summed E-state index contributed by atoms with van der Waals surface area (Å²) >= 11 is 0. The summed E-state index contributed by atoms with van der Waals surface area (Å²) in [6, 6.07) is 3.19. The summed E-state index contributed by atoms with van der Waals surface area (Å²) in [5.74, 6) is -1.84. The summed E-state index contributed by atoms with van der Waals surface area (Å²) in [6.45, 7) is 1.47. The lowest BCUT2D eigenvalue weighted by atomic mass is 9.94. The van der Waals surface area contributed by atoms with E-state index in [1.54, 1.807) is 0 Å². The summed E-state index contributed by atoms with van der Waals surface area (Å²) in [7, 11) is -4.11. The van der Waals surface area contributed by atoms with Crippen LogP contribution in [0.4, 0.5) is 8.78 Å². The largest absolute Gasteiger partial charge is 0.312 e. The molecule has 20 heavy (non-hydrogen) atoms. The number of hydrogen-bond acceptors (Lipinski definition) is 3. The predicted octanol–water partition coefficient (Wildman–Crippen LogP) is 1.34. The highest BCUT2D eigenvalue weighted by molar-refractivity contribution is 7.89. The van der Waals surface area contributed by atoms with Gasteiger partial charge in [-0.05, 0) is 37.4 Å². The lowest BCUT2D eigenvalue weighted by Gasteiger charge is -2.24. The molecule has 2 aliphatic heterocycles. The van der Waals surface area contributed by atoms with Gasteiger partial charge >= 0.3 is 0 Å². The molecule has 0 bridgehead atoms. The molecule has 110 valence electrons. The third-order valence-corrected chi connectivity index (χ3v) is 5.97. The Morgan fingerprint density at radius 3 is 2.55 bits per heavy atom. The minimum absolute atomic E-state index is 0.0911. The monoisotopic (exact) mass is 302 g/mol. The number of rotatable bonds is 2. The van der Waals surface area contributed by atoms with Crippen LogP contribution >= 0.6 is 0 Å². The van der Waals surface area contributed by atoms with Crippen LogP contribution in [0, 0.1) is 17.6 Å². The van der Waals surface area contributed by atoms with Crippen LogP contribution in [-0.2, 0) is 10.0 Å². The molecule has 4 nitrogen and oxygen atoms in total. The number of nitrogens with zero attached hydrogens (tertiary/aromatic N) is 1. The maximum atomic E-state index is 13.7. The smallest absolute Gasteiger partial charge is 0.248 e. The Hall–Kier alpha value is -1.05. The zero-order valence-corrected chi connectivity index (χ0v) is 11.7. The molecule has 0 amide bonds. The standard InChI is InChI=1S/C13H16F2N2O2S/c14-10-4-1-5-11(15)13(10)20(18,19)17-7-9-3-2-6-16-12(9)8-17/h1,4-5,9,12,16H,2-3,6-8H2. The second-order valence-corrected chi connectivity index (χ2v) is 7.21. The Bertz CT molecular complexity index is 587. The summed E-state index contributed by atoms with van der Waals surface area (Å²) in [4.78, 5) is -0.835. The molecule has 2 atom stereocenters. The molecule has 1 aromatic rings. The average molecular weight is 302 g/mol. The normalized spacial score (nSPS) is 27.5. The van der Waals surface area contributed by atoms with Gasteiger partial charge in [0.1, 0.15) is 11.6 Å². The van der Waals surface area contributed by atoms with Gasteiger partial charge in [-0.1, -0.05) is 6.07 Å². The number of hydrogen-bond donors (Lipinski definition) is 1. The van der Waals surface area contributed by atoms with Gasteiger partial charge in [-0.3, -0.25) is 0 Å². The van der Waals surface area contributed by atoms with Crippen LogP contribution in [0.3, 0.4) is 0 Å². The Morgan fingerprint density at radius 2 is 1.90 bits per heavy atom. The molecule has 2 fully saturated rings. The third-order valence-electron chi connectivity index (χ3n) is 4.08. The van der Waals surface area contributed by atoms with Crippen molar-refractivity contribution < 1.29 is 17.2 Å². The van der Waals surface area contributed by atoms with Crippen molar-refractivity contribution in [1.82, 2.24) is 9.62 Å². The number of fused-ring (bicyclic) bond motifs is 1. The van der Waals surface area contributed by atoms with Gasteiger partial charge in [0, 0.05) is 19.1 Å². The third kappa shape index (κ3) is 2.23. The fourth-order valence-electron chi connectivity index (χ4n) is 3.06. The molecule has 0 aliphatic carbocycles. The van der Waals surface area contributed by atoms with E-state index < -0.39 is 26.6 Å². The molecule has 2 unspecified atom stereocenters. The van der Waals surface area contributed by atoms with Crippen LogP contribution < -0.4 is 5.32 Å². The molecule has 2 saturated heterocycles. The van der Waals surface area contributed by atoms with Crippen LogP contribution in [0.15, 0.2) is 23.1 Å². The quantitative estimate of drug-likeness (QED) is 0.897. The van der Waals surface area contributed by atoms with Crippen molar-refractivity contribution in [2.24, 2.45) is 5.92 Å². The van der Waals surface area contributed by atoms with E-state index in [0.717, 1.165) is 37.6 Å². The lowest BCUT2D eigenvalue weighted by molar-refractivity contribution is 0.339. The Balaban J connectivity index is 1.93. The zero-order chi connectivity index (χ0) is 14.3. The van der Waals surface area contributed by atoms with Gasteiger partial charge < -0.3 is 5.32 Å². The van der Waals surface area contributed by atoms with Gasteiger partial charge in [-0.2, -0.15) is 4.31 Å². The SMILES string of the molecule is O=S(=O)(c1c(F)cccc1F)N1CC2CCCNC2C1. The van der Waals surface area contributed by atoms with Gasteiger partial charge in [0.25, 0.3) is 0 Å². The van der Waals surface area contributed by atoms with Gasteiger partial charge in [0.2, 0.25) is 10.0 Å². The molecular weight excluding hydrogens is 286 g/mol. The molecule has 2 heterocycles. The fraction of sp³-hybridized carbons (Fsp3) is 0.538. The zero-order valence-electron chi connectivity index (χ0n) is 10.9. The first kappa shape index (κ1) is 13.9. The number of sulfonamides is 1. The second kappa shape index (κ2) is 5.05. The minimum Gasteiger partial charge on any atom is -0.312 e. The van der Waals surface area contributed by atoms with Gasteiger partial charge in [-0.25, -0.2) is 17.2 Å². The van der Waals surface area contributed by atoms with E-state index in [2.05, 4.69) is 5.32 Å². The Kier molecular flexibility index (Phi) is 3.51. The highest BCUT2D eigenvalue weighted by Crippen LogP contribution is 2.31. The van der Waals surface area contributed by atoms with E-state index in [1.807, 2.05) is 0 Å². The predicted molar refractivity (Wildman–Crippen MR) is 69.6 cm³/mol. The van der Waals surface area contributed by atoms with Crippen molar-refractivity contribution in [1.29, 1.82) is 0 Å². The first-order valence-corrected chi connectivity index (χ1v) is 8.11. The van der Waals surface area contributed by atoms with Crippen molar-refractivity contribution in [2.45, 2.75) is 23.8 Å². The molecule has 7 heteroatoms. The molecule has 1 N–H and O–H groups in total. The molecule has 3 rings (SSSR count). The molecule has 0 radical (unpaired) electrons. The van der Waals surface area contributed by atoms with Crippen LogP contribution in [0.5, 0.6) is 0 Å². The Morgan fingerprint density at radius 1 is 1.20 bits per heavy atom. The van der Waals surface area contributed by atoms with Crippen LogP contribution in [0.25, 0.3) is 0 Å². The second-order valence-electron chi connectivity index (χ2n) is 5.34. The van der Waals surface area contributed by atoms with E-state index in [-0.39, 0.29) is 18.5 Å². The van der Waals surface area contributed by atoms with E-state index in [4.69, 9.17) is 0 Å². The van der Waals surface area contributed by atoms with Gasteiger partial charge in [0.05, 0.1) is 0 Å². The van der Waals surface area contributed by atoms with Crippen molar-refractivity contribution >= 4 is 10.0 Å². The maximum absolute atomic E-state index is 13.7. The van der Waals surface area contributed by atoms with Crippen molar-refractivity contribution in [3.8, 4) is 0 Å². The van der Waals surface area contributed by atoms with Crippen LogP contribution in [0.2, 0.25) is 0 Å². The van der Waals surface area contributed by atoms with Gasteiger partial charge in [0.15, 0.2) is 4.90 Å². The molecule has 0 saturated carbocycles. The summed E-state index contributed by atoms with van der Waals surface area (Å²) in [5, 5.41) is 3.27. The summed E-state index contributed by atoms with van der Waals surface area (Å²) < 4.78 is 53.5. The molecule has 0 spiro atoms. The van der Waals surface area contributed by atoms with E-state index in [9.17, 15) is 17.2 Å². The highest BCUT2D eigenvalue weighted by atomic mass is 32.2. The van der Waals surface area contributed by atoms with E-state index in [1.165, 1.54) is 4.31 Å². The molecule has 1 aromatic carbocycles. The lowest BCUT2D eigenvalue weighted by Crippen LogP contribution is -2.41. The fourth-order valence-corrected chi connectivity index (χ4v) is 4.69. The number of halogens is 2. The first-order valence-electron chi connectivity index (χ1n) is 6.67.